The van der Waals surface area contributed by atoms with Gasteiger partial charge in [0.25, 0.3) is 0 Å². The zero-order valence-electron chi connectivity index (χ0n) is 11.4. The van der Waals surface area contributed by atoms with E-state index in [2.05, 4.69) is 0 Å². The fourth-order valence-electron chi connectivity index (χ4n) is 2.15. The van der Waals surface area contributed by atoms with E-state index in [-0.39, 0.29) is 0 Å². The lowest BCUT2D eigenvalue weighted by molar-refractivity contribution is 0.174. The van der Waals surface area contributed by atoms with Crippen molar-refractivity contribution in [1.82, 2.24) is 0 Å². The minimum Gasteiger partial charge on any atom is -0.496 e. The van der Waals surface area contributed by atoms with Gasteiger partial charge in [0, 0.05) is 17.0 Å². The zero-order chi connectivity index (χ0) is 14.7. The van der Waals surface area contributed by atoms with Crippen molar-refractivity contribution in [1.29, 1.82) is 0 Å². The molecule has 0 saturated carbocycles. The molecule has 1 N–H and O–H groups in total. The first-order valence-corrected chi connectivity index (χ1v) is 7.04. The summed E-state index contributed by atoms with van der Waals surface area (Å²) in [6.45, 7) is 1.98. The fraction of sp³-hybridized carbons (Fsp3) is 0.250. The van der Waals surface area contributed by atoms with Crippen LogP contribution in [-0.2, 0) is 6.42 Å². The molecule has 0 saturated heterocycles. The standard InChI is InChI=1S/C16H16Cl2O2/c1-10-6-7-11(13(18)8-10)9-14(19)16-12(17)4-3-5-15(16)20-2/h3-8,14,19H,9H2,1-2H3. The Balaban J connectivity index is 2.30. The van der Waals surface area contributed by atoms with Gasteiger partial charge in [-0.2, -0.15) is 0 Å². The number of aliphatic hydroxyl groups excluding tert-OH is 1. The Bertz CT molecular complexity index is 611. The van der Waals surface area contributed by atoms with E-state index in [1.54, 1.807) is 25.3 Å². The van der Waals surface area contributed by atoms with Crippen molar-refractivity contribution < 1.29 is 9.84 Å². The third-order valence-corrected chi connectivity index (χ3v) is 3.87. The van der Waals surface area contributed by atoms with Crippen LogP contribution in [0.15, 0.2) is 36.4 Å². The molecule has 2 rings (SSSR count). The fourth-order valence-corrected chi connectivity index (χ4v) is 2.75. The Morgan fingerprint density at radius 1 is 1.15 bits per heavy atom. The Morgan fingerprint density at radius 2 is 1.90 bits per heavy atom. The highest BCUT2D eigenvalue weighted by molar-refractivity contribution is 6.32. The molecule has 4 heteroatoms. The molecule has 0 aliphatic carbocycles. The molecule has 2 aromatic rings. The summed E-state index contributed by atoms with van der Waals surface area (Å²) < 4.78 is 5.26. The van der Waals surface area contributed by atoms with Crippen molar-refractivity contribution in [3.05, 3.63) is 63.1 Å². The molecule has 0 aromatic heterocycles. The summed E-state index contributed by atoms with van der Waals surface area (Å²) in [5.41, 5.74) is 2.56. The molecule has 2 nitrogen and oxygen atoms in total. The van der Waals surface area contributed by atoms with E-state index in [1.165, 1.54) is 0 Å². The quantitative estimate of drug-likeness (QED) is 0.895. The van der Waals surface area contributed by atoms with Crippen molar-refractivity contribution in [2.24, 2.45) is 0 Å². The number of benzene rings is 2. The summed E-state index contributed by atoms with van der Waals surface area (Å²) in [6, 6.07) is 11.1. The first-order chi connectivity index (χ1) is 9.52. The first kappa shape index (κ1) is 15.2. The van der Waals surface area contributed by atoms with Gasteiger partial charge in [-0.25, -0.2) is 0 Å². The van der Waals surface area contributed by atoms with Gasteiger partial charge in [0.15, 0.2) is 0 Å². The Kier molecular flexibility index (Phi) is 4.92. The van der Waals surface area contributed by atoms with E-state index in [9.17, 15) is 5.11 Å². The van der Waals surface area contributed by atoms with Crippen molar-refractivity contribution in [3.63, 3.8) is 0 Å². The maximum atomic E-state index is 10.4. The Morgan fingerprint density at radius 3 is 2.55 bits per heavy atom. The molecule has 0 aliphatic heterocycles. The van der Waals surface area contributed by atoms with E-state index in [0.717, 1.165) is 11.1 Å². The van der Waals surface area contributed by atoms with Crippen LogP contribution in [0.3, 0.4) is 0 Å². The number of methoxy groups -OCH3 is 1. The third kappa shape index (κ3) is 3.26. The lowest BCUT2D eigenvalue weighted by Gasteiger charge is -2.17. The van der Waals surface area contributed by atoms with Crippen molar-refractivity contribution in [2.45, 2.75) is 19.4 Å². The molecule has 0 radical (unpaired) electrons. The lowest BCUT2D eigenvalue weighted by atomic mass is 9.99. The largest absolute Gasteiger partial charge is 0.496 e. The van der Waals surface area contributed by atoms with E-state index in [0.29, 0.717) is 27.8 Å². The molecular weight excluding hydrogens is 295 g/mol. The normalized spacial score (nSPS) is 12.2. The summed E-state index contributed by atoms with van der Waals surface area (Å²) in [5, 5.41) is 11.6. The topological polar surface area (TPSA) is 29.5 Å². The second kappa shape index (κ2) is 6.49. The minimum atomic E-state index is -0.765. The van der Waals surface area contributed by atoms with Crippen LogP contribution >= 0.6 is 23.2 Å². The summed E-state index contributed by atoms with van der Waals surface area (Å²) in [6.07, 6.45) is -0.377. The van der Waals surface area contributed by atoms with Gasteiger partial charge in [0.2, 0.25) is 0 Å². The van der Waals surface area contributed by atoms with Crippen LogP contribution in [0.2, 0.25) is 10.0 Å². The summed E-state index contributed by atoms with van der Waals surface area (Å²) >= 11 is 12.4. The average Bonchev–Trinajstić information content (AvgIpc) is 2.41. The van der Waals surface area contributed by atoms with Crippen molar-refractivity contribution in [2.75, 3.05) is 7.11 Å². The molecular formula is C16H16Cl2O2. The molecule has 0 bridgehead atoms. The number of hydrogen-bond donors (Lipinski definition) is 1. The minimum absolute atomic E-state index is 0.388. The number of ether oxygens (including phenoxy) is 1. The number of halogens is 2. The smallest absolute Gasteiger partial charge is 0.126 e. The highest BCUT2D eigenvalue weighted by Crippen LogP contribution is 2.34. The Hall–Kier alpha value is -1.22. The SMILES string of the molecule is COc1cccc(Cl)c1C(O)Cc1ccc(C)cc1Cl. The highest BCUT2D eigenvalue weighted by atomic mass is 35.5. The van der Waals surface area contributed by atoms with E-state index < -0.39 is 6.10 Å². The van der Waals surface area contributed by atoms with Crippen LogP contribution in [-0.4, -0.2) is 12.2 Å². The highest BCUT2D eigenvalue weighted by Gasteiger charge is 2.18. The van der Waals surface area contributed by atoms with Gasteiger partial charge < -0.3 is 9.84 Å². The monoisotopic (exact) mass is 310 g/mol. The van der Waals surface area contributed by atoms with Crippen molar-refractivity contribution in [3.8, 4) is 5.75 Å². The zero-order valence-corrected chi connectivity index (χ0v) is 12.9. The van der Waals surface area contributed by atoms with Crippen LogP contribution < -0.4 is 4.74 Å². The summed E-state index contributed by atoms with van der Waals surface area (Å²) in [5.74, 6) is 0.577. The van der Waals surface area contributed by atoms with E-state index in [4.69, 9.17) is 27.9 Å². The van der Waals surface area contributed by atoms with Gasteiger partial charge in [-0.15, -0.1) is 0 Å². The van der Waals surface area contributed by atoms with Gasteiger partial charge in [-0.3, -0.25) is 0 Å². The molecule has 0 amide bonds. The van der Waals surface area contributed by atoms with Crippen LogP contribution in [0, 0.1) is 6.92 Å². The predicted molar refractivity (Wildman–Crippen MR) is 82.9 cm³/mol. The second-order valence-electron chi connectivity index (χ2n) is 4.67. The summed E-state index contributed by atoms with van der Waals surface area (Å²) in [4.78, 5) is 0. The summed E-state index contributed by atoms with van der Waals surface area (Å²) in [7, 11) is 1.56. The van der Waals surface area contributed by atoms with Crippen molar-refractivity contribution >= 4 is 23.2 Å². The van der Waals surface area contributed by atoms with Gasteiger partial charge in [-0.05, 0) is 36.2 Å². The molecule has 2 aromatic carbocycles. The van der Waals surface area contributed by atoms with Gasteiger partial charge in [-0.1, -0.05) is 41.4 Å². The molecule has 20 heavy (non-hydrogen) atoms. The number of rotatable bonds is 4. The van der Waals surface area contributed by atoms with E-state index in [1.807, 2.05) is 25.1 Å². The molecule has 1 atom stereocenters. The molecule has 0 heterocycles. The van der Waals surface area contributed by atoms with Crippen LogP contribution in [0.5, 0.6) is 5.75 Å². The molecule has 106 valence electrons. The van der Waals surface area contributed by atoms with Gasteiger partial charge >= 0.3 is 0 Å². The lowest BCUT2D eigenvalue weighted by Crippen LogP contribution is -2.05. The van der Waals surface area contributed by atoms with Crippen LogP contribution in [0.25, 0.3) is 0 Å². The molecule has 0 spiro atoms. The average molecular weight is 311 g/mol. The molecule has 0 fully saturated rings. The van der Waals surface area contributed by atoms with Gasteiger partial charge in [0.05, 0.1) is 18.2 Å². The maximum Gasteiger partial charge on any atom is 0.126 e. The van der Waals surface area contributed by atoms with Crippen LogP contribution in [0.4, 0.5) is 0 Å². The molecule has 1 unspecified atom stereocenters. The Labute approximate surface area is 128 Å². The number of aliphatic hydroxyl groups is 1. The maximum absolute atomic E-state index is 10.4. The third-order valence-electron chi connectivity index (χ3n) is 3.19. The number of hydrogen-bond acceptors (Lipinski definition) is 2. The molecule has 0 aliphatic rings. The van der Waals surface area contributed by atoms with Crippen LogP contribution in [0.1, 0.15) is 22.8 Å². The number of aryl methyl sites for hydroxylation is 1. The van der Waals surface area contributed by atoms with Gasteiger partial charge in [0.1, 0.15) is 5.75 Å². The predicted octanol–water partition coefficient (Wildman–Crippen LogP) is 4.59. The second-order valence-corrected chi connectivity index (χ2v) is 5.48. The first-order valence-electron chi connectivity index (χ1n) is 6.28. The van der Waals surface area contributed by atoms with E-state index >= 15 is 0 Å².